The molecule has 1 atom stereocenters. The smallest absolute Gasteiger partial charge is 0.231 e. The van der Waals surface area contributed by atoms with Gasteiger partial charge in [0.1, 0.15) is 0 Å². The second kappa shape index (κ2) is 7.90. The van der Waals surface area contributed by atoms with Crippen LogP contribution in [0.5, 0.6) is 11.8 Å². The zero-order valence-corrected chi connectivity index (χ0v) is 17.1. The van der Waals surface area contributed by atoms with Crippen molar-refractivity contribution in [3.8, 4) is 11.8 Å². The van der Waals surface area contributed by atoms with Crippen molar-refractivity contribution in [1.82, 2.24) is 19.9 Å². The van der Waals surface area contributed by atoms with Crippen molar-refractivity contribution in [3.05, 3.63) is 22.7 Å². The van der Waals surface area contributed by atoms with E-state index in [-0.39, 0.29) is 11.4 Å². The fourth-order valence-corrected chi connectivity index (χ4v) is 4.83. The zero-order valence-electron chi connectivity index (χ0n) is 16.3. The first kappa shape index (κ1) is 18.9. The van der Waals surface area contributed by atoms with E-state index < -0.39 is 0 Å². The maximum Gasteiger partial charge on any atom is 0.231 e. The Morgan fingerprint density at radius 2 is 1.93 bits per heavy atom. The fraction of sp³-hybridized carbons (Fsp3) is 0.579. The molecular formula is C19H25N5O3S. The summed E-state index contributed by atoms with van der Waals surface area (Å²) >= 11 is 1.61. The van der Waals surface area contributed by atoms with Gasteiger partial charge >= 0.3 is 0 Å². The van der Waals surface area contributed by atoms with Crippen molar-refractivity contribution >= 4 is 23.2 Å². The van der Waals surface area contributed by atoms with E-state index in [1.165, 1.54) is 0 Å². The summed E-state index contributed by atoms with van der Waals surface area (Å²) in [5, 5.41) is 0. The van der Waals surface area contributed by atoms with Crippen LogP contribution in [0.3, 0.4) is 0 Å². The highest BCUT2D eigenvalue weighted by Gasteiger charge is 2.45. The third-order valence-corrected chi connectivity index (χ3v) is 6.53. The Kier molecular flexibility index (Phi) is 5.34. The quantitative estimate of drug-likeness (QED) is 0.759. The molecule has 8 nitrogen and oxygen atoms in total. The lowest BCUT2D eigenvalue weighted by atomic mass is 9.87. The summed E-state index contributed by atoms with van der Waals surface area (Å²) in [6.45, 7) is 2.30. The van der Waals surface area contributed by atoms with E-state index in [2.05, 4.69) is 24.8 Å². The largest absolute Gasteiger partial charge is 0.481 e. The van der Waals surface area contributed by atoms with Crippen LogP contribution in [0.15, 0.2) is 17.8 Å². The van der Waals surface area contributed by atoms with E-state index in [1.54, 1.807) is 31.6 Å². The summed E-state index contributed by atoms with van der Waals surface area (Å²) in [7, 11) is 3.18. The van der Waals surface area contributed by atoms with Gasteiger partial charge in [-0.2, -0.15) is 9.97 Å². The topological polar surface area (TPSA) is 80.7 Å². The number of amides is 1. The Labute approximate surface area is 168 Å². The van der Waals surface area contributed by atoms with Crippen LogP contribution >= 0.6 is 11.3 Å². The monoisotopic (exact) mass is 403 g/mol. The number of carbonyl (C=O) groups is 1. The summed E-state index contributed by atoms with van der Waals surface area (Å²) in [4.78, 5) is 31.2. The first-order valence-electron chi connectivity index (χ1n) is 9.53. The van der Waals surface area contributed by atoms with Crippen LogP contribution in [0.2, 0.25) is 0 Å². The van der Waals surface area contributed by atoms with Gasteiger partial charge in [-0.3, -0.25) is 9.78 Å². The SMILES string of the molecule is COc1cc(OC)nc(N2CCC[C@@]3(CCC(=O)N3Cc3cncs3)CC2)n1. The van der Waals surface area contributed by atoms with E-state index in [0.717, 1.165) is 43.6 Å². The van der Waals surface area contributed by atoms with Gasteiger partial charge in [0.05, 0.1) is 32.3 Å². The molecule has 2 aliphatic heterocycles. The first-order valence-corrected chi connectivity index (χ1v) is 10.4. The average Bonchev–Trinajstić information content (AvgIpc) is 3.27. The van der Waals surface area contributed by atoms with Gasteiger partial charge in [0, 0.05) is 36.1 Å². The van der Waals surface area contributed by atoms with Crippen LogP contribution < -0.4 is 14.4 Å². The molecule has 0 radical (unpaired) electrons. The predicted molar refractivity (Wildman–Crippen MR) is 106 cm³/mol. The molecule has 150 valence electrons. The second-order valence-electron chi connectivity index (χ2n) is 7.27. The number of ether oxygens (including phenoxy) is 2. The molecule has 0 N–H and O–H groups in total. The van der Waals surface area contributed by atoms with Crippen LogP contribution in [0, 0.1) is 0 Å². The molecule has 0 unspecified atom stereocenters. The molecule has 1 spiro atoms. The van der Waals surface area contributed by atoms with Gasteiger partial charge in [0.25, 0.3) is 0 Å². The number of aromatic nitrogens is 3. The number of likely N-dealkylation sites (tertiary alicyclic amines) is 1. The standard InChI is InChI=1S/C19H25N5O3S/c1-26-15-10-16(27-2)22-18(21-15)23-8-3-5-19(7-9-23)6-4-17(25)24(19)12-14-11-20-13-28-14/h10-11,13H,3-9,12H2,1-2H3/t19-/m1/s1. The zero-order chi connectivity index (χ0) is 19.6. The third kappa shape index (κ3) is 3.63. The lowest BCUT2D eigenvalue weighted by molar-refractivity contribution is -0.132. The minimum Gasteiger partial charge on any atom is -0.481 e. The maximum absolute atomic E-state index is 12.6. The lowest BCUT2D eigenvalue weighted by Gasteiger charge is -2.38. The number of hydrogen-bond donors (Lipinski definition) is 0. The average molecular weight is 404 g/mol. The molecule has 9 heteroatoms. The van der Waals surface area contributed by atoms with Gasteiger partial charge < -0.3 is 19.3 Å². The molecule has 28 heavy (non-hydrogen) atoms. The number of anilines is 1. The molecule has 1 amide bonds. The predicted octanol–water partition coefficient (Wildman–Crippen LogP) is 2.50. The number of thiazole rings is 1. The fourth-order valence-electron chi connectivity index (χ4n) is 4.25. The van der Waals surface area contributed by atoms with Gasteiger partial charge in [-0.25, -0.2) is 0 Å². The molecule has 2 aliphatic rings. The number of hydrogen-bond acceptors (Lipinski definition) is 8. The Morgan fingerprint density at radius 3 is 2.61 bits per heavy atom. The molecule has 4 rings (SSSR count). The molecule has 0 saturated carbocycles. The summed E-state index contributed by atoms with van der Waals surface area (Å²) in [6.07, 6.45) is 6.29. The van der Waals surface area contributed by atoms with Gasteiger partial charge in [-0.1, -0.05) is 0 Å². The van der Waals surface area contributed by atoms with Crippen LogP contribution in [0.4, 0.5) is 5.95 Å². The van der Waals surface area contributed by atoms with Crippen molar-refractivity contribution in [3.63, 3.8) is 0 Å². The molecular weight excluding hydrogens is 378 g/mol. The van der Waals surface area contributed by atoms with Gasteiger partial charge in [0.15, 0.2) is 0 Å². The number of methoxy groups -OCH3 is 2. The maximum atomic E-state index is 12.6. The third-order valence-electron chi connectivity index (χ3n) is 5.76. The Hall–Kier alpha value is -2.42. The van der Waals surface area contributed by atoms with Gasteiger partial charge in [-0.05, 0) is 25.7 Å². The van der Waals surface area contributed by atoms with Crippen molar-refractivity contribution in [2.75, 3.05) is 32.2 Å². The van der Waals surface area contributed by atoms with E-state index in [1.807, 2.05) is 11.7 Å². The Morgan fingerprint density at radius 1 is 1.14 bits per heavy atom. The molecule has 4 heterocycles. The molecule has 0 aromatic carbocycles. The Bertz CT molecular complexity index is 809. The van der Waals surface area contributed by atoms with E-state index in [0.29, 0.717) is 30.7 Å². The van der Waals surface area contributed by atoms with Crippen LogP contribution in [0.25, 0.3) is 0 Å². The summed E-state index contributed by atoms with van der Waals surface area (Å²) < 4.78 is 10.6. The first-order chi connectivity index (χ1) is 13.6. The van der Waals surface area contributed by atoms with E-state index in [9.17, 15) is 4.79 Å². The van der Waals surface area contributed by atoms with Crippen molar-refractivity contribution in [2.24, 2.45) is 0 Å². The second-order valence-corrected chi connectivity index (χ2v) is 8.24. The molecule has 2 saturated heterocycles. The minimum absolute atomic E-state index is 0.0845. The number of nitrogens with zero attached hydrogens (tertiary/aromatic N) is 5. The van der Waals surface area contributed by atoms with Crippen LogP contribution in [-0.2, 0) is 11.3 Å². The molecule has 0 bridgehead atoms. The summed E-state index contributed by atoms with van der Waals surface area (Å²) in [5.74, 6) is 1.85. The van der Waals surface area contributed by atoms with Crippen LogP contribution in [0.1, 0.15) is 37.0 Å². The molecule has 2 aromatic rings. The summed E-state index contributed by atoms with van der Waals surface area (Å²) in [5.41, 5.74) is 1.74. The number of rotatable bonds is 5. The highest BCUT2D eigenvalue weighted by molar-refractivity contribution is 7.09. The van der Waals surface area contributed by atoms with E-state index >= 15 is 0 Å². The van der Waals surface area contributed by atoms with Crippen molar-refractivity contribution in [1.29, 1.82) is 0 Å². The lowest BCUT2D eigenvalue weighted by Crippen LogP contribution is -2.45. The summed E-state index contributed by atoms with van der Waals surface area (Å²) in [6, 6.07) is 1.68. The Balaban J connectivity index is 1.54. The van der Waals surface area contributed by atoms with Crippen molar-refractivity contribution in [2.45, 2.75) is 44.2 Å². The van der Waals surface area contributed by atoms with E-state index in [4.69, 9.17) is 9.47 Å². The van der Waals surface area contributed by atoms with Crippen LogP contribution in [-0.4, -0.2) is 58.6 Å². The van der Waals surface area contributed by atoms with Gasteiger partial charge in [-0.15, -0.1) is 11.3 Å². The molecule has 2 fully saturated rings. The van der Waals surface area contributed by atoms with Crippen molar-refractivity contribution < 1.29 is 14.3 Å². The van der Waals surface area contributed by atoms with Gasteiger partial charge in [0.2, 0.25) is 23.6 Å². The molecule has 0 aliphatic carbocycles. The highest BCUT2D eigenvalue weighted by Crippen LogP contribution is 2.41. The minimum atomic E-state index is -0.0845. The molecule has 2 aromatic heterocycles. The number of carbonyl (C=O) groups excluding carboxylic acids is 1. The highest BCUT2D eigenvalue weighted by atomic mass is 32.1. The normalized spacial score (nSPS) is 22.6.